The fourth-order valence-electron chi connectivity index (χ4n) is 4.26. The Bertz CT molecular complexity index is 1300. The van der Waals surface area contributed by atoms with E-state index in [0.29, 0.717) is 23.5 Å². The van der Waals surface area contributed by atoms with Crippen LogP contribution < -0.4 is 10.6 Å². The minimum Gasteiger partial charge on any atom is -0.456 e. The van der Waals surface area contributed by atoms with Gasteiger partial charge in [-0.25, -0.2) is 0 Å². The molecule has 0 bridgehead atoms. The number of amides is 1. The van der Waals surface area contributed by atoms with Crippen LogP contribution in [-0.4, -0.2) is 68.0 Å². The van der Waals surface area contributed by atoms with E-state index in [9.17, 15) is 15.2 Å². The first-order valence-corrected chi connectivity index (χ1v) is 12.7. The number of benzene rings is 2. The summed E-state index contributed by atoms with van der Waals surface area (Å²) in [7, 11) is 0. The number of anilines is 1. The second kappa shape index (κ2) is 12.5. The van der Waals surface area contributed by atoms with Gasteiger partial charge in [0, 0.05) is 49.5 Å². The summed E-state index contributed by atoms with van der Waals surface area (Å²) in [6.45, 7) is 9.07. The summed E-state index contributed by atoms with van der Waals surface area (Å²) < 4.78 is 11.4. The number of morpholine rings is 1. The van der Waals surface area contributed by atoms with Gasteiger partial charge in [-0.3, -0.25) is 9.69 Å². The number of carbonyl (C=O) groups excluding carboxylic acids is 1. The van der Waals surface area contributed by atoms with E-state index < -0.39 is 12.0 Å². The number of hydrogen-bond acceptors (Lipinski definition) is 7. The van der Waals surface area contributed by atoms with E-state index in [1.165, 1.54) is 0 Å². The molecule has 3 N–H and O–H groups in total. The largest absolute Gasteiger partial charge is 0.456 e. The molecule has 1 amide bonds. The highest BCUT2D eigenvalue weighted by molar-refractivity contribution is 6.04. The Kier molecular flexibility index (Phi) is 8.96. The van der Waals surface area contributed by atoms with Gasteiger partial charge in [0.2, 0.25) is 0 Å². The van der Waals surface area contributed by atoms with Gasteiger partial charge >= 0.3 is 0 Å². The summed E-state index contributed by atoms with van der Waals surface area (Å²) in [5.74, 6) is 0.589. The van der Waals surface area contributed by atoms with E-state index in [0.717, 1.165) is 61.4 Å². The van der Waals surface area contributed by atoms with E-state index in [2.05, 4.69) is 45.9 Å². The van der Waals surface area contributed by atoms with Crippen molar-refractivity contribution in [3.8, 4) is 17.4 Å². The lowest BCUT2D eigenvalue weighted by Gasteiger charge is -2.26. The molecule has 194 valence electrons. The zero-order valence-electron chi connectivity index (χ0n) is 21.4. The molecule has 1 fully saturated rings. The maximum absolute atomic E-state index is 12.4. The van der Waals surface area contributed by atoms with Crippen molar-refractivity contribution in [3.63, 3.8) is 0 Å². The average Bonchev–Trinajstić information content (AvgIpc) is 3.43. The number of carbonyl (C=O) groups is 1. The van der Waals surface area contributed by atoms with Crippen LogP contribution in [0.2, 0.25) is 0 Å². The van der Waals surface area contributed by atoms with Crippen molar-refractivity contribution in [2.24, 2.45) is 0 Å². The Labute approximate surface area is 217 Å². The van der Waals surface area contributed by atoms with Gasteiger partial charge in [-0.2, -0.15) is 5.26 Å². The molecule has 1 unspecified atom stereocenters. The molecule has 4 rings (SSSR count). The van der Waals surface area contributed by atoms with Gasteiger partial charge in [-0.1, -0.05) is 25.1 Å². The number of nitriles is 1. The van der Waals surface area contributed by atoms with Crippen molar-refractivity contribution in [2.75, 3.05) is 51.3 Å². The average molecular weight is 503 g/mol. The summed E-state index contributed by atoms with van der Waals surface area (Å²) >= 11 is 0. The Morgan fingerprint density at radius 2 is 1.89 bits per heavy atom. The van der Waals surface area contributed by atoms with E-state index >= 15 is 0 Å². The highest BCUT2D eigenvalue weighted by atomic mass is 16.5. The van der Waals surface area contributed by atoms with Crippen LogP contribution in [0.25, 0.3) is 27.7 Å². The normalized spacial score (nSPS) is 15.6. The molecule has 0 spiro atoms. The number of aliphatic hydroxyl groups excluding tert-OH is 1. The van der Waals surface area contributed by atoms with Crippen molar-refractivity contribution >= 4 is 27.9 Å². The number of hydrogen-bond donors (Lipinski definition) is 3. The molecular formula is C29H34N4O4. The summed E-state index contributed by atoms with van der Waals surface area (Å²) in [5, 5.41) is 27.6. The van der Waals surface area contributed by atoms with Gasteiger partial charge in [0.25, 0.3) is 5.91 Å². The Balaban J connectivity index is 1.44. The summed E-state index contributed by atoms with van der Waals surface area (Å²) in [4.78, 5) is 14.9. The summed E-state index contributed by atoms with van der Waals surface area (Å²) in [5.41, 5.74) is 2.42. The summed E-state index contributed by atoms with van der Waals surface area (Å²) in [6, 6.07) is 18.0. The monoisotopic (exact) mass is 502 g/mol. The van der Waals surface area contributed by atoms with Gasteiger partial charge in [0.05, 0.1) is 19.3 Å². The molecule has 1 atom stereocenters. The van der Waals surface area contributed by atoms with Gasteiger partial charge in [-0.15, -0.1) is 0 Å². The Morgan fingerprint density at radius 3 is 2.65 bits per heavy atom. The van der Waals surface area contributed by atoms with Crippen molar-refractivity contribution in [1.82, 2.24) is 10.2 Å². The fourth-order valence-corrected chi connectivity index (χ4v) is 4.26. The van der Waals surface area contributed by atoms with E-state index in [4.69, 9.17) is 9.15 Å². The van der Waals surface area contributed by atoms with Crippen molar-refractivity contribution in [1.29, 1.82) is 5.26 Å². The van der Waals surface area contributed by atoms with Crippen LogP contribution >= 0.6 is 0 Å². The lowest BCUT2D eigenvalue weighted by molar-refractivity contribution is -0.117. The van der Waals surface area contributed by atoms with Crippen LogP contribution in [-0.2, 0) is 9.53 Å². The van der Waals surface area contributed by atoms with Crippen LogP contribution in [0.15, 0.2) is 58.5 Å². The van der Waals surface area contributed by atoms with Crippen molar-refractivity contribution in [2.45, 2.75) is 26.4 Å². The van der Waals surface area contributed by atoms with Crippen LogP contribution in [0.1, 0.15) is 26.0 Å². The van der Waals surface area contributed by atoms with E-state index in [-0.39, 0.29) is 12.1 Å². The highest BCUT2D eigenvalue weighted by Crippen LogP contribution is 2.30. The molecule has 2 heterocycles. The van der Waals surface area contributed by atoms with Crippen LogP contribution in [0.4, 0.5) is 5.69 Å². The SMILES string of the molecule is CCC(O)CNC(=O)/C(C#N)=C(\C)c1ccc(-c2ccc3cc(NCCN4CCOCC4)ccc3c2)o1. The number of nitrogens with one attached hydrogen (secondary N) is 2. The van der Waals surface area contributed by atoms with Crippen LogP contribution in [0.5, 0.6) is 0 Å². The topological polar surface area (TPSA) is 111 Å². The zero-order chi connectivity index (χ0) is 26.2. The molecule has 37 heavy (non-hydrogen) atoms. The minimum atomic E-state index is -0.644. The maximum atomic E-state index is 12.4. The molecule has 1 aliphatic rings. The number of nitrogens with zero attached hydrogens (tertiary/aromatic N) is 2. The Morgan fingerprint density at radius 1 is 1.14 bits per heavy atom. The number of allylic oxidation sites excluding steroid dienone is 1. The first-order chi connectivity index (χ1) is 18.0. The second-order valence-corrected chi connectivity index (χ2v) is 9.21. The number of fused-ring (bicyclic) bond motifs is 1. The number of aliphatic hydroxyl groups is 1. The zero-order valence-corrected chi connectivity index (χ0v) is 21.4. The third-order valence-corrected chi connectivity index (χ3v) is 6.64. The lowest BCUT2D eigenvalue weighted by atomic mass is 10.0. The van der Waals surface area contributed by atoms with Gasteiger partial charge in [-0.05, 0) is 54.4 Å². The molecule has 0 radical (unpaired) electrons. The molecule has 1 saturated heterocycles. The minimum absolute atomic E-state index is 0.0311. The fraction of sp³-hybridized carbons (Fsp3) is 0.379. The third kappa shape index (κ3) is 6.77. The van der Waals surface area contributed by atoms with Gasteiger partial charge in [0.1, 0.15) is 23.2 Å². The smallest absolute Gasteiger partial charge is 0.262 e. The van der Waals surface area contributed by atoms with E-state index in [1.54, 1.807) is 13.0 Å². The maximum Gasteiger partial charge on any atom is 0.262 e. The number of ether oxygens (including phenoxy) is 1. The van der Waals surface area contributed by atoms with Crippen LogP contribution in [0.3, 0.4) is 0 Å². The van der Waals surface area contributed by atoms with Crippen LogP contribution in [0, 0.1) is 11.3 Å². The molecule has 2 aromatic carbocycles. The quantitative estimate of drug-likeness (QED) is 0.284. The molecular weight excluding hydrogens is 468 g/mol. The van der Waals surface area contributed by atoms with Gasteiger partial charge < -0.3 is 24.9 Å². The second-order valence-electron chi connectivity index (χ2n) is 9.21. The van der Waals surface area contributed by atoms with Crippen molar-refractivity contribution < 1.29 is 19.1 Å². The predicted molar refractivity (Wildman–Crippen MR) is 145 cm³/mol. The van der Waals surface area contributed by atoms with E-state index in [1.807, 2.05) is 25.1 Å². The van der Waals surface area contributed by atoms with Gasteiger partial charge in [0.15, 0.2) is 0 Å². The number of rotatable bonds is 10. The molecule has 8 heteroatoms. The molecule has 8 nitrogen and oxygen atoms in total. The highest BCUT2D eigenvalue weighted by Gasteiger charge is 2.17. The standard InChI is InChI=1S/C29H34N4O4/c1-3-25(34)19-32-29(35)26(18-30)20(2)27-8-9-28(37-27)23-5-4-22-17-24(7-6-21(22)16-23)31-10-11-33-12-14-36-15-13-33/h4-9,16-17,25,31,34H,3,10-15,19H2,1-2H3,(H,32,35)/b26-20+. The predicted octanol–water partition coefficient (Wildman–Crippen LogP) is 4.03. The molecule has 1 aromatic heterocycles. The van der Waals surface area contributed by atoms with Crippen molar-refractivity contribution in [3.05, 3.63) is 59.9 Å². The first kappa shape index (κ1) is 26.4. The molecule has 0 aliphatic carbocycles. The first-order valence-electron chi connectivity index (χ1n) is 12.7. The number of furan rings is 1. The third-order valence-electron chi connectivity index (χ3n) is 6.64. The summed E-state index contributed by atoms with van der Waals surface area (Å²) in [6.07, 6.45) is -0.125. The Hall–Kier alpha value is -3.64. The molecule has 0 saturated carbocycles. The molecule has 3 aromatic rings. The lowest BCUT2D eigenvalue weighted by Crippen LogP contribution is -2.38. The molecule has 1 aliphatic heterocycles.